The molecule has 3 aromatic rings. The van der Waals surface area contributed by atoms with Gasteiger partial charge in [-0.3, -0.25) is 4.79 Å². The maximum absolute atomic E-state index is 15.0. The zero-order valence-electron chi connectivity index (χ0n) is 23.2. The van der Waals surface area contributed by atoms with Gasteiger partial charge in [0.05, 0.1) is 13.5 Å². The van der Waals surface area contributed by atoms with Crippen LogP contribution in [0.2, 0.25) is 0 Å². The topological polar surface area (TPSA) is 35.5 Å². The van der Waals surface area contributed by atoms with Crippen LogP contribution in [0.25, 0.3) is 16.7 Å². The first kappa shape index (κ1) is 28.0. The molecule has 1 atom stereocenters. The number of esters is 1. The van der Waals surface area contributed by atoms with Gasteiger partial charge in [0.15, 0.2) is 0 Å². The molecule has 0 unspecified atom stereocenters. The molecule has 40 heavy (non-hydrogen) atoms. The zero-order valence-corrected chi connectivity index (χ0v) is 23.2. The summed E-state index contributed by atoms with van der Waals surface area (Å²) in [4.78, 5) is 12.0. The van der Waals surface area contributed by atoms with Crippen LogP contribution in [0.5, 0.6) is 5.75 Å². The molecule has 0 bridgehead atoms. The quantitative estimate of drug-likeness (QED) is 0.237. The molecule has 0 aliphatic heterocycles. The molecule has 3 nitrogen and oxygen atoms in total. The number of allylic oxidation sites excluding steroid dienone is 2. The normalized spacial score (nSPS) is 17.0. The van der Waals surface area contributed by atoms with Gasteiger partial charge in [0, 0.05) is 11.1 Å². The van der Waals surface area contributed by atoms with Crippen LogP contribution in [0.3, 0.4) is 0 Å². The highest BCUT2D eigenvalue weighted by atomic mass is 19.3. The number of benzene rings is 3. The van der Waals surface area contributed by atoms with Crippen LogP contribution in [-0.4, -0.2) is 13.1 Å². The van der Waals surface area contributed by atoms with Gasteiger partial charge >= 0.3 is 5.97 Å². The highest BCUT2D eigenvalue weighted by Gasteiger charge is 2.34. The van der Waals surface area contributed by atoms with Gasteiger partial charge in [0.25, 0.3) is 6.43 Å². The van der Waals surface area contributed by atoms with Crippen molar-refractivity contribution in [3.63, 3.8) is 0 Å². The monoisotopic (exact) mass is 548 g/mol. The van der Waals surface area contributed by atoms with E-state index in [0.717, 1.165) is 60.1 Å². The Bertz CT molecular complexity index is 1420. The molecule has 210 valence electrons. The smallest absolute Gasteiger partial charge is 0.306 e. The summed E-state index contributed by atoms with van der Waals surface area (Å²) in [6.45, 7) is 4.59. The second-order valence-corrected chi connectivity index (χ2v) is 11.5. The van der Waals surface area contributed by atoms with Gasteiger partial charge in [0.1, 0.15) is 18.2 Å². The summed E-state index contributed by atoms with van der Waals surface area (Å²) in [5, 5.41) is 0. The lowest BCUT2D eigenvalue weighted by Gasteiger charge is -2.25. The van der Waals surface area contributed by atoms with E-state index in [9.17, 15) is 18.0 Å². The van der Waals surface area contributed by atoms with E-state index in [4.69, 9.17) is 9.47 Å². The van der Waals surface area contributed by atoms with Crippen molar-refractivity contribution in [1.29, 1.82) is 0 Å². The first-order valence-electron chi connectivity index (χ1n) is 13.9. The maximum Gasteiger partial charge on any atom is 0.306 e. The lowest BCUT2D eigenvalue weighted by atomic mass is 9.79. The fraction of sp³-hybridized carbons (Fsp3) is 0.382. The van der Waals surface area contributed by atoms with Gasteiger partial charge in [-0.05, 0) is 101 Å². The molecular formula is C34H35F3O3. The Labute approximate surface area is 234 Å². The minimum Gasteiger partial charge on any atom is -0.489 e. The Morgan fingerprint density at radius 1 is 0.975 bits per heavy atom. The third-order valence-electron chi connectivity index (χ3n) is 8.25. The van der Waals surface area contributed by atoms with Crippen LogP contribution < -0.4 is 4.74 Å². The predicted molar refractivity (Wildman–Crippen MR) is 151 cm³/mol. The fourth-order valence-electron chi connectivity index (χ4n) is 5.81. The Kier molecular flexibility index (Phi) is 8.07. The molecule has 1 saturated carbocycles. The number of hydrogen-bond donors (Lipinski definition) is 0. The van der Waals surface area contributed by atoms with Crippen molar-refractivity contribution in [3.8, 4) is 16.9 Å². The first-order chi connectivity index (χ1) is 19.2. The maximum atomic E-state index is 15.0. The number of halogens is 3. The van der Waals surface area contributed by atoms with E-state index >= 15 is 0 Å². The number of methoxy groups -OCH3 is 1. The molecule has 0 aromatic heterocycles. The van der Waals surface area contributed by atoms with Gasteiger partial charge in [-0.15, -0.1) is 0 Å². The van der Waals surface area contributed by atoms with Crippen molar-refractivity contribution in [3.05, 3.63) is 94.8 Å². The van der Waals surface area contributed by atoms with E-state index in [1.165, 1.54) is 13.2 Å². The Balaban J connectivity index is 1.44. The van der Waals surface area contributed by atoms with Crippen molar-refractivity contribution < 1.29 is 27.4 Å². The van der Waals surface area contributed by atoms with Gasteiger partial charge in [-0.25, -0.2) is 13.2 Å². The molecule has 3 aromatic carbocycles. The number of rotatable bonds is 10. The largest absolute Gasteiger partial charge is 0.489 e. The standard InChI is InChI=1S/C34H35F3O3/c1-34(2)15-5-8-30(34)28-16-21(9-13-26(28)29-18-24(33(36)37)12-14-31(29)35)20-40-25-7-4-6-23(17-25)27(22-10-11-22)19-32(38)39-3/h4,6-9,12-14,16-18,22,27,33H,5,10-11,15,19-20H2,1-3H3/t27-/m1/s1. The summed E-state index contributed by atoms with van der Waals surface area (Å²) < 4.78 is 53.1. The molecule has 2 aliphatic rings. The molecule has 5 rings (SSSR count). The molecular weight excluding hydrogens is 513 g/mol. The van der Waals surface area contributed by atoms with Crippen molar-refractivity contribution in [1.82, 2.24) is 0 Å². The van der Waals surface area contributed by atoms with E-state index in [-0.39, 0.29) is 35.0 Å². The lowest BCUT2D eigenvalue weighted by Crippen LogP contribution is -2.11. The SMILES string of the molecule is COC(=O)C[C@@H](c1cccc(OCc2ccc(-c3cc(C(F)F)ccc3F)c(C3=CCCC3(C)C)c2)c1)C1CC1. The predicted octanol–water partition coefficient (Wildman–Crippen LogP) is 9.27. The molecule has 2 aliphatic carbocycles. The number of carbonyl (C=O) groups is 1. The van der Waals surface area contributed by atoms with Gasteiger partial charge < -0.3 is 9.47 Å². The number of ether oxygens (including phenoxy) is 2. The summed E-state index contributed by atoms with van der Waals surface area (Å²) in [5.74, 6) is 0.555. The van der Waals surface area contributed by atoms with E-state index in [2.05, 4.69) is 19.9 Å². The Morgan fingerprint density at radius 2 is 1.77 bits per heavy atom. The lowest BCUT2D eigenvalue weighted by molar-refractivity contribution is -0.141. The first-order valence-corrected chi connectivity index (χ1v) is 13.9. The second-order valence-electron chi connectivity index (χ2n) is 11.5. The molecule has 0 spiro atoms. The molecule has 0 heterocycles. The van der Waals surface area contributed by atoms with E-state index in [1.807, 2.05) is 42.5 Å². The van der Waals surface area contributed by atoms with Gasteiger partial charge in [0.2, 0.25) is 0 Å². The molecule has 6 heteroatoms. The van der Waals surface area contributed by atoms with Crippen LogP contribution in [0.1, 0.15) is 80.5 Å². The van der Waals surface area contributed by atoms with E-state index < -0.39 is 12.2 Å². The second kappa shape index (κ2) is 11.5. The van der Waals surface area contributed by atoms with Crippen LogP contribution in [0, 0.1) is 17.2 Å². The fourth-order valence-corrected chi connectivity index (χ4v) is 5.81. The summed E-state index contributed by atoms with van der Waals surface area (Å²) >= 11 is 0. The van der Waals surface area contributed by atoms with Crippen molar-refractivity contribution in [2.45, 2.75) is 64.9 Å². The number of hydrogen-bond acceptors (Lipinski definition) is 3. The van der Waals surface area contributed by atoms with E-state index in [0.29, 0.717) is 23.7 Å². The van der Waals surface area contributed by atoms with E-state index in [1.54, 1.807) is 0 Å². The molecule has 0 amide bonds. The van der Waals surface area contributed by atoms with Crippen LogP contribution in [0.4, 0.5) is 13.2 Å². The summed E-state index contributed by atoms with van der Waals surface area (Å²) in [6, 6.07) is 17.1. The Hall–Kier alpha value is -3.54. The molecule has 1 fully saturated rings. The zero-order chi connectivity index (χ0) is 28.4. The molecule has 0 radical (unpaired) electrons. The van der Waals surface area contributed by atoms with Crippen LogP contribution in [0.15, 0.2) is 66.7 Å². The van der Waals surface area contributed by atoms with Gasteiger partial charge in [-0.1, -0.05) is 50.3 Å². The van der Waals surface area contributed by atoms with Crippen LogP contribution >= 0.6 is 0 Å². The highest BCUT2D eigenvalue weighted by molar-refractivity contribution is 5.85. The third-order valence-corrected chi connectivity index (χ3v) is 8.25. The highest BCUT2D eigenvalue weighted by Crippen LogP contribution is 2.48. The average Bonchev–Trinajstić information content (AvgIpc) is 3.72. The minimum atomic E-state index is -2.68. The third kappa shape index (κ3) is 6.11. The van der Waals surface area contributed by atoms with Crippen molar-refractivity contribution in [2.75, 3.05) is 7.11 Å². The number of alkyl halides is 2. The number of carbonyl (C=O) groups excluding carboxylic acids is 1. The van der Waals surface area contributed by atoms with Crippen molar-refractivity contribution >= 4 is 11.5 Å². The average molecular weight is 549 g/mol. The molecule has 0 saturated heterocycles. The summed E-state index contributed by atoms with van der Waals surface area (Å²) in [5.41, 5.74) is 4.33. The Morgan fingerprint density at radius 3 is 2.45 bits per heavy atom. The van der Waals surface area contributed by atoms with Gasteiger partial charge in [-0.2, -0.15) is 0 Å². The van der Waals surface area contributed by atoms with Crippen LogP contribution in [-0.2, 0) is 16.1 Å². The summed E-state index contributed by atoms with van der Waals surface area (Å²) in [7, 11) is 1.41. The van der Waals surface area contributed by atoms with Crippen molar-refractivity contribution in [2.24, 2.45) is 11.3 Å². The summed E-state index contributed by atoms with van der Waals surface area (Å²) in [6.07, 6.45) is 3.92. The molecule has 0 N–H and O–H groups in total. The minimum absolute atomic E-state index is 0.109.